The molecular weight excluding hydrogens is 258 g/mol. The van der Waals surface area contributed by atoms with Crippen LogP contribution in [0.5, 0.6) is 0 Å². The van der Waals surface area contributed by atoms with Crippen LogP contribution in [0.3, 0.4) is 0 Å². The van der Waals surface area contributed by atoms with Crippen LogP contribution < -0.4 is 0 Å². The van der Waals surface area contributed by atoms with Gasteiger partial charge in [-0.25, -0.2) is 9.67 Å². The molecule has 0 atom stereocenters. The molecule has 78 valence electrons. The number of aliphatic hydroxyl groups excluding tert-OH is 1. The maximum absolute atomic E-state index is 9.27. The van der Waals surface area contributed by atoms with Crippen LogP contribution in [0.1, 0.15) is 18.9 Å². The van der Waals surface area contributed by atoms with Gasteiger partial charge in [0, 0.05) is 5.39 Å². The summed E-state index contributed by atoms with van der Waals surface area (Å²) in [5.41, 5.74) is 0.890. The quantitative estimate of drug-likeness (QED) is 0.803. The molecule has 4 nitrogen and oxygen atoms in total. The molecule has 5 heteroatoms. The lowest BCUT2D eigenvalue weighted by atomic mass is 9.90. The Morgan fingerprint density at radius 3 is 2.93 bits per heavy atom. The fraction of sp³-hybridized carbons (Fsp3) is 0.400. The number of hydrogen-bond donors (Lipinski definition) is 1. The van der Waals surface area contributed by atoms with Gasteiger partial charge in [-0.3, -0.25) is 0 Å². The Labute approximate surface area is 95.1 Å². The van der Waals surface area contributed by atoms with Gasteiger partial charge in [0.2, 0.25) is 0 Å². The normalized spacial score (nSPS) is 25.5. The zero-order valence-electron chi connectivity index (χ0n) is 7.97. The van der Waals surface area contributed by atoms with Gasteiger partial charge >= 0.3 is 0 Å². The maximum atomic E-state index is 9.27. The van der Waals surface area contributed by atoms with E-state index in [0.717, 1.165) is 28.5 Å². The highest BCUT2D eigenvalue weighted by Crippen LogP contribution is 2.33. The Morgan fingerprint density at radius 2 is 2.20 bits per heavy atom. The van der Waals surface area contributed by atoms with Gasteiger partial charge in [0.05, 0.1) is 18.3 Å². The first-order valence-corrected chi connectivity index (χ1v) is 5.71. The van der Waals surface area contributed by atoms with E-state index in [-0.39, 0.29) is 6.10 Å². The standard InChI is InChI=1S/C10H10BrN3O/c11-9-2-1-6-5-12-14(10(6)13-9)7-3-8(15)4-7/h1-2,5,7-8,15H,3-4H2. The molecule has 1 fully saturated rings. The summed E-state index contributed by atoms with van der Waals surface area (Å²) in [7, 11) is 0. The number of nitrogens with zero attached hydrogens (tertiary/aromatic N) is 3. The highest BCUT2D eigenvalue weighted by atomic mass is 79.9. The molecule has 3 rings (SSSR count). The molecule has 2 aromatic heterocycles. The number of pyridine rings is 1. The van der Waals surface area contributed by atoms with Crippen LogP contribution in [0.25, 0.3) is 11.0 Å². The van der Waals surface area contributed by atoms with Crippen LogP contribution in [-0.2, 0) is 0 Å². The average molecular weight is 268 g/mol. The van der Waals surface area contributed by atoms with Gasteiger partial charge in [-0.05, 0) is 40.9 Å². The highest BCUT2D eigenvalue weighted by Gasteiger charge is 2.30. The van der Waals surface area contributed by atoms with E-state index in [0.29, 0.717) is 6.04 Å². The van der Waals surface area contributed by atoms with E-state index < -0.39 is 0 Å². The number of hydrogen-bond acceptors (Lipinski definition) is 3. The molecule has 2 aromatic rings. The second-order valence-electron chi connectivity index (χ2n) is 3.91. The Balaban J connectivity index is 2.07. The third-order valence-electron chi connectivity index (χ3n) is 2.84. The highest BCUT2D eigenvalue weighted by molar-refractivity contribution is 9.10. The van der Waals surface area contributed by atoms with E-state index in [1.165, 1.54) is 0 Å². The van der Waals surface area contributed by atoms with Gasteiger partial charge in [-0.2, -0.15) is 5.10 Å². The zero-order chi connectivity index (χ0) is 10.4. The molecule has 1 saturated carbocycles. The molecule has 2 heterocycles. The summed E-state index contributed by atoms with van der Waals surface area (Å²) >= 11 is 3.35. The number of halogens is 1. The van der Waals surface area contributed by atoms with Crippen molar-refractivity contribution in [3.63, 3.8) is 0 Å². The predicted octanol–water partition coefficient (Wildman–Crippen LogP) is 1.89. The summed E-state index contributed by atoms with van der Waals surface area (Å²) in [6, 6.07) is 4.20. The molecule has 1 aliphatic carbocycles. The molecule has 0 saturated heterocycles. The van der Waals surface area contributed by atoms with E-state index in [2.05, 4.69) is 26.0 Å². The topological polar surface area (TPSA) is 50.9 Å². The monoisotopic (exact) mass is 267 g/mol. The summed E-state index contributed by atoms with van der Waals surface area (Å²) in [5, 5.41) is 14.6. The Hall–Kier alpha value is -0.940. The van der Waals surface area contributed by atoms with Gasteiger partial charge in [0.25, 0.3) is 0 Å². The van der Waals surface area contributed by atoms with Gasteiger partial charge < -0.3 is 5.11 Å². The summed E-state index contributed by atoms with van der Waals surface area (Å²) in [5.74, 6) is 0. The van der Waals surface area contributed by atoms with E-state index in [4.69, 9.17) is 0 Å². The van der Waals surface area contributed by atoms with Crippen molar-refractivity contribution in [2.75, 3.05) is 0 Å². The van der Waals surface area contributed by atoms with Crippen LogP contribution in [-0.4, -0.2) is 26.0 Å². The second kappa shape index (κ2) is 3.28. The Bertz CT molecular complexity index is 504. The first kappa shape index (κ1) is 9.30. The van der Waals surface area contributed by atoms with Crippen LogP contribution in [0.2, 0.25) is 0 Å². The van der Waals surface area contributed by atoms with Crippen LogP contribution in [0.4, 0.5) is 0 Å². The SMILES string of the molecule is OC1CC(n2ncc3ccc(Br)nc32)C1. The minimum atomic E-state index is -0.165. The van der Waals surface area contributed by atoms with E-state index in [1.807, 2.05) is 23.0 Å². The van der Waals surface area contributed by atoms with Crippen LogP contribution in [0.15, 0.2) is 22.9 Å². The van der Waals surface area contributed by atoms with Gasteiger partial charge in [0.15, 0.2) is 5.65 Å². The van der Waals surface area contributed by atoms with Crippen molar-refractivity contribution in [2.24, 2.45) is 0 Å². The van der Waals surface area contributed by atoms with Crippen molar-refractivity contribution < 1.29 is 5.11 Å². The number of fused-ring (bicyclic) bond motifs is 1. The number of rotatable bonds is 1. The fourth-order valence-corrected chi connectivity index (χ4v) is 2.23. The Morgan fingerprint density at radius 1 is 1.40 bits per heavy atom. The molecule has 0 unspecified atom stereocenters. The summed E-state index contributed by atoms with van der Waals surface area (Å²) < 4.78 is 2.73. The van der Waals surface area contributed by atoms with E-state index in [1.54, 1.807) is 0 Å². The first-order valence-electron chi connectivity index (χ1n) is 4.92. The smallest absolute Gasteiger partial charge is 0.159 e. The maximum Gasteiger partial charge on any atom is 0.159 e. The van der Waals surface area contributed by atoms with Gasteiger partial charge in [0.1, 0.15) is 4.60 Å². The lowest BCUT2D eigenvalue weighted by Gasteiger charge is -2.31. The molecule has 0 radical (unpaired) electrons. The molecular formula is C10H10BrN3O. The summed E-state index contributed by atoms with van der Waals surface area (Å²) in [4.78, 5) is 4.40. The van der Waals surface area contributed by atoms with Crippen molar-refractivity contribution in [2.45, 2.75) is 25.0 Å². The minimum Gasteiger partial charge on any atom is -0.393 e. The van der Waals surface area contributed by atoms with Crippen molar-refractivity contribution in [1.82, 2.24) is 14.8 Å². The Kier molecular flexibility index (Phi) is 2.03. The van der Waals surface area contributed by atoms with Gasteiger partial charge in [-0.1, -0.05) is 0 Å². The predicted molar refractivity (Wildman–Crippen MR) is 59.5 cm³/mol. The van der Waals surface area contributed by atoms with E-state index in [9.17, 15) is 5.11 Å². The molecule has 1 aliphatic rings. The van der Waals surface area contributed by atoms with Crippen molar-refractivity contribution in [3.8, 4) is 0 Å². The van der Waals surface area contributed by atoms with Crippen LogP contribution in [0, 0.1) is 0 Å². The second-order valence-corrected chi connectivity index (χ2v) is 4.73. The van der Waals surface area contributed by atoms with Crippen LogP contribution >= 0.6 is 15.9 Å². The lowest BCUT2D eigenvalue weighted by molar-refractivity contribution is 0.0451. The third kappa shape index (κ3) is 1.46. The largest absolute Gasteiger partial charge is 0.393 e. The summed E-state index contributed by atoms with van der Waals surface area (Å²) in [6.45, 7) is 0. The van der Waals surface area contributed by atoms with Crippen molar-refractivity contribution >= 4 is 27.0 Å². The minimum absolute atomic E-state index is 0.165. The summed E-state index contributed by atoms with van der Waals surface area (Å²) in [6.07, 6.45) is 3.22. The fourth-order valence-electron chi connectivity index (χ4n) is 1.93. The average Bonchev–Trinajstić information content (AvgIpc) is 2.56. The lowest BCUT2D eigenvalue weighted by Crippen LogP contribution is -2.31. The molecule has 0 amide bonds. The zero-order valence-corrected chi connectivity index (χ0v) is 9.55. The number of aliphatic hydroxyl groups is 1. The molecule has 1 N–H and O–H groups in total. The molecule has 0 aromatic carbocycles. The molecule has 0 bridgehead atoms. The van der Waals surface area contributed by atoms with Crippen molar-refractivity contribution in [1.29, 1.82) is 0 Å². The van der Waals surface area contributed by atoms with E-state index >= 15 is 0 Å². The van der Waals surface area contributed by atoms with Gasteiger partial charge in [-0.15, -0.1) is 0 Å². The number of aromatic nitrogens is 3. The first-order chi connectivity index (χ1) is 7.24. The van der Waals surface area contributed by atoms with Crippen molar-refractivity contribution in [3.05, 3.63) is 22.9 Å². The third-order valence-corrected chi connectivity index (χ3v) is 3.29. The molecule has 0 spiro atoms. The molecule has 15 heavy (non-hydrogen) atoms. The molecule has 0 aliphatic heterocycles.